The zero-order chi connectivity index (χ0) is 18.8. The maximum absolute atomic E-state index is 6.32. The quantitative estimate of drug-likeness (QED) is 0.568. The highest BCUT2D eigenvalue weighted by Gasteiger charge is 2.26. The van der Waals surface area contributed by atoms with Crippen LogP contribution in [0.2, 0.25) is 15.1 Å². The van der Waals surface area contributed by atoms with Gasteiger partial charge in [0.25, 0.3) is 0 Å². The summed E-state index contributed by atoms with van der Waals surface area (Å²) in [7, 11) is 0. The lowest BCUT2D eigenvalue weighted by molar-refractivity contribution is 0.694. The summed E-state index contributed by atoms with van der Waals surface area (Å²) >= 11 is 18.7. The summed E-state index contributed by atoms with van der Waals surface area (Å²) in [6.07, 6.45) is 3.70. The van der Waals surface area contributed by atoms with Gasteiger partial charge >= 0.3 is 0 Å². The van der Waals surface area contributed by atoms with E-state index < -0.39 is 0 Å². The Morgan fingerprint density at radius 3 is 2.35 bits per heavy atom. The van der Waals surface area contributed by atoms with Gasteiger partial charge in [-0.3, -0.25) is 0 Å². The van der Waals surface area contributed by atoms with Crippen molar-refractivity contribution in [2.45, 2.75) is 40.0 Å². The van der Waals surface area contributed by atoms with Crippen molar-refractivity contribution in [2.24, 2.45) is 5.92 Å². The Balaban J connectivity index is 1.96. The van der Waals surface area contributed by atoms with Gasteiger partial charge in [-0.15, -0.1) is 0 Å². The van der Waals surface area contributed by atoms with E-state index in [1.807, 2.05) is 13.8 Å². The molecule has 1 aliphatic rings. The summed E-state index contributed by atoms with van der Waals surface area (Å²) in [5, 5.41) is 4.71. The van der Waals surface area contributed by atoms with Crippen LogP contribution < -0.4 is 10.2 Å². The number of nitrogens with zero attached hydrogens (tertiary/aromatic N) is 3. The molecule has 1 N–H and O–H groups in total. The third-order valence-electron chi connectivity index (χ3n) is 4.45. The number of hydrogen-bond donors (Lipinski definition) is 1. The Morgan fingerprint density at radius 2 is 1.77 bits per heavy atom. The predicted molar refractivity (Wildman–Crippen MR) is 111 cm³/mol. The number of anilines is 3. The number of halogens is 3. The first-order valence-corrected chi connectivity index (χ1v) is 10.0. The third kappa shape index (κ3) is 4.54. The highest BCUT2D eigenvalue weighted by atomic mass is 35.5. The van der Waals surface area contributed by atoms with Crippen LogP contribution in [0.25, 0.3) is 0 Å². The topological polar surface area (TPSA) is 41.1 Å². The van der Waals surface area contributed by atoms with Crippen molar-refractivity contribution in [3.05, 3.63) is 38.6 Å². The van der Waals surface area contributed by atoms with Crippen LogP contribution in [-0.2, 0) is 0 Å². The van der Waals surface area contributed by atoms with Crippen molar-refractivity contribution in [1.29, 1.82) is 0 Å². The second kappa shape index (κ2) is 8.20. The third-order valence-corrected chi connectivity index (χ3v) is 5.27. The second-order valence-corrected chi connectivity index (χ2v) is 8.08. The van der Waals surface area contributed by atoms with Crippen LogP contribution in [0.1, 0.15) is 37.6 Å². The highest BCUT2D eigenvalue weighted by molar-refractivity contribution is 6.41. The van der Waals surface area contributed by atoms with Gasteiger partial charge in [-0.2, -0.15) is 0 Å². The summed E-state index contributed by atoms with van der Waals surface area (Å²) in [5.41, 5.74) is 1.60. The van der Waals surface area contributed by atoms with Gasteiger partial charge in [0.15, 0.2) is 0 Å². The molecule has 0 amide bonds. The van der Waals surface area contributed by atoms with E-state index in [1.165, 1.54) is 12.8 Å². The first-order chi connectivity index (χ1) is 12.4. The van der Waals surface area contributed by atoms with Crippen molar-refractivity contribution in [3.8, 4) is 0 Å². The van der Waals surface area contributed by atoms with Crippen LogP contribution in [0, 0.1) is 19.8 Å². The Hall–Kier alpha value is -1.23. The number of aryl methyl sites for hydroxylation is 1. The minimum atomic E-state index is 0.461. The lowest BCUT2D eigenvalue weighted by atomic mass is 10.2. The van der Waals surface area contributed by atoms with Gasteiger partial charge in [-0.25, -0.2) is 9.97 Å². The molecule has 1 aromatic carbocycles. The number of rotatable bonds is 7. The van der Waals surface area contributed by atoms with Crippen molar-refractivity contribution < 1.29 is 0 Å². The van der Waals surface area contributed by atoms with E-state index in [1.54, 1.807) is 12.1 Å². The van der Waals surface area contributed by atoms with Crippen LogP contribution in [0.3, 0.4) is 0 Å². The standard InChI is InChI=1S/C19H23Cl3N4/c1-4-7-26(10-13-5-6-13)19-11(2)18(23-12(3)24-19)25-17-15(21)8-14(20)9-16(17)22/h8-9,13H,4-7,10H2,1-3H3,(H,23,24,25). The van der Waals surface area contributed by atoms with E-state index in [2.05, 4.69) is 22.1 Å². The molecular formula is C19H23Cl3N4. The lowest BCUT2D eigenvalue weighted by Gasteiger charge is -2.26. The first-order valence-electron chi connectivity index (χ1n) is 8.90. The molecule has 1 aromatic heterocycles. The molecule has 4 nitrogen and oxygen atoms in total. The number of benzene rings is 1. The molecule has 0 spiro atoms. The Labute approximate surface area is 169 Å². The monoisotopic (exact) mass is 412 g/mol. The minimum Gasteiger partial charge on any atom is -0.356 e. The summed E-state index contributed by atoms with van der Waals surface area (Å²) in [5.74, 6) is 3.20. The molecule has 1 heterocycles. The largest absolute Gasteiger partial charge is 0.356 e. The first kappa shape index (κ1) is 19.5. The fraction of sp³-hybridized carbons (Fsp3) is 0.474. The van der Waals surface area contributed by atoms with E-state index in [9.17, 15) is 0 Å². The summed E-state index contributed by atoms with van der Waals surface area (Å²) in [6.45, 7) is 8.16. The van der Waals surface area contributed by atoms with Crippen LogP contribution in [-0.4, -0.2) is 23.1 Å². The van der Waals surface area contributed by atoms with Gasteiger partial charge in [0.2, 0.25) is 0 Å². The molecule has 0 bridgehead atoms. The molecule has 1 aliphatic carbocycles. The smallest absolute Gasteiger partial charge is 0.139 e. The molecular weight excluding hydrogens is 391 g/mol. The van der Waals surface area contributed by atoms with Gasteiger partial charge in [-0.1, -0.05) is 41.7 Å². The molecule has 0 radical (unpaired) electrons. The number of nitrogens with one attached hydrogen (secondary N) is 1. The van der Waals surface area contributed by atoms with E-state index in [4.69, 9.17) is 39.8 Å². The van der Waals surface area contributed by atoms with E-state index in [0.29, 0.717) is 26.6 Å². The van der Waals surface area contributed by atoms with Crippen LogP contribution in [0.5, 0.6) is 0 Å². The van der Waals surface area contributed by atoms with E-state index in [0.717, 1.165) is 42.6 Å². The molecule has 0 saturated heterocycles. The molecule has 0 aliphatic heterocycles. The SMILES string of the molecule is CCCN(CC1CC1)c1nc(C)nc(Nc2c(Cl)cc(Cl)cc2Cl)c1C. The molecule has 26 heavy (non-hydrogen) atoms. The predicted octanol–water partition coefficient (Wildman–Crippen LogP) is 6.42. The van der Waals surface area contributed by atoms with Crippen LogP contribution in [0.4, 0.5) is 17.3 Å². The maximum atomic E-state index is 6.32. The Morgan fingerprint density at radius 1 is 1.12 bits per heavy atom. The summed E-state index contributed by atoms with van der Waals surface area (Å²) < 4.78 is 0. The average Bonchev–Trinajstić information content (AvgIpc) is 3.37. The van der Waals surface area contributed by atoms with Crippen LogP contribution >= 0.6 is 34.8 Å². The molecule has 1 fully saturated rings. The van der Waals surface area contributed by atoms with Crippen LogP contribution in [0.15, 0.2) is 12.1 Å². The summed E-state index contributed by atoms with van der Waals surface area (Å²) in [6, 6.07) is 3.33. The highest BCUT2D eigenvalue weighted by Crippen LogP contribution is 2.37. The maximum Gasteiger partial charge on any atom is 0.139 e. The fourth-order valence-corrected chi connectivity index (χ4v) is 3.90. The van der Waals surface area contributed by atoms with Crippen molar-refractivity contribution in [2.75, 3.05) is 23.3 Å². The lowest BCUT2D eigenvalue weighted by Crippen LogP contribution is -2.29. The normalized spacial score (nSPS) is 13.8. The zero-order valence-corrected chi connectivity index (χ0v) is 17.5. The zero-order valence-electron chi connectivity index (χ0n) is 15.2. The van der Waals surface area contributed by atoms with Gasteiger partial charge in [-0.05, 0) is 51.2 Å². The minimum absolute atomic E-state index is 0.461. The molecule has 0 unspecified atom stereocenters. The van der Waals surface area contributed by atoms with E-state index in [-0.39, 0.29) is 0 Å². The molecule has 0 atom stereocenters. The van der Waals surface area contributed by atoms with Gasteiger partial charge in [0.05, 0.1) is 15.7 Å². The molecule has 1 saturated carbocycles. The second-order valence-electron chi connectivity index (χ2n) is 6.83. The number of aromatic nitrogens is 2. The molecule has 3 rings (SSSR count). The molecule has 2 aromatic rings. The average molecular weight is 414 g/mol. The summed E-state index contributed by atoms with van der Waals surface area (Å²) in [4.78, 5) is 11.7. The van der Waals surface area contributed by atoms with Crippen molar-refractivity contribution >= 4 is 52.1 Å². The Kier molecular flexibility index (Phi) is 6.16. The molecule has 140 valence electrons. The fourth-order valence-electron chi connectivity index (χ4n) is 2.99. The van der Waals surface area contributed by atoms with Crippen molar-refractivity contribution in [1.82, 2.24) is 9.97 Å². The number of hydrogen-bond acceptors (Lipinski definition) is 4. The van der Waals surface area contributed by atoms with Crippen molar-refractivity contribution in [3.63, 3.8) is 0 Å². The molecule has 7 heteroatoms. The van der Waals surface area contributed by atoms with Gasteiger partial charge in [0, 0.05) is 23.7 Å². The van der Waals surface area contributed by atoms with E-state index >= 15 is 0 Å². The van der Waals surface area contributed by atoms with Gasteiger partial charge < -0.3 is 10.2 Å². The van der Waals surface area contributed by atoms with Gasteiger partial charge in [0.1, 0.15) is 17.5 Å². The Bertz CT molecular complexity index is 783.